The summed E-state index contributed by atoms with van der Waals surface area (Å²) in [4.78, 5) is 15.0. The summed E-state index contributed by atoms with van der Waals surface area (Å²) in [5.74, 6) is 1.61. The fourth-order valence-electron chi connectivity index (χ4n) is 3.84. The predicted molar refractivity (Wildman–Crippen MR) is 108 cm³/mol. The number of anilines is 1. The second kappa shape index (κ2) is 7.88. The summed E-state index contributed by atoms with van der Waals surface area (Å²) in [5, 5.41) is 11.7. The smallest absolute Gasteiger partial charge is 0.231 e. The minimum absolute atomic E-state index is 0.0696. The van der Waals surface area contributed by atoms with E-state index in [0.29, 0.717) is 13.1 Å². The van der Waals surface area contributed by atoms with Crippen LogP contribution < -0.4 is 15.0 Å². The van der Waals surface area contributed by atoms with Gasteiger partial charge in [-0.05, 0) is 38.0 Å². The van der Waals surface area contributed by atoms with Crippen molar-refractivity contribution in [3.8, 4) is 5.75 Å². The highest BCUT2D eigenvalue weighted by molar-refractivity contribution is 5.79. The number of carbonyl (C=O) groups excluding carboxylic acids is 1. The van der Waals surface area contributed by atoms with Crippen LogP contribution in [0.4, 0.5) is 5.95 Å². The predicted octanol–water partition coefficient (Wildman–Crippen LogP) is 2.58. The maximum atomic E-state index is 12.8. The van der Waals surface area contributed by atoms with Crippen molar-refractivity contribution in [1.29, 1.82) is 0 Å². The number of ether oxygens (including phenoxy) is 1. The van der Waals surface area contributed by atoms with Crippen LogP contribution in [0.25, 0.3) is 5.65 Å². The van der Waals surface area contributed by atoms with Gasteiger partial charge in [-0.1, -0.05) is 24.3 Å². The van der Waals surface area contributed by atoms with Gasteiger partial charge in [0.1, 0.15) is 5.75 Å². The summed E-state index contributed by atoms with van der Waals surface area (Å²) in [5.41, 5.74) is 2.89. The molecule has 4 rings (SSSR count). The average molecular weight is 379 g/mol. The van der Waals surface area contributed by atoms with E-state index in [-0.39, 0.29) is 11.8 Å². The van der Waals surface area contributed by atoms with Gasteiger partial charge in [0.15, 0.2) is 5.65 Å². The zero-order chi connectivity index (χ0) is 19.5. The minimum Gasteiger partial charge on any atom is -0.496 e. The monoisotopic (exact) mass is 379 g/mol. The third-order valence-electron chi connectivity index (χ3n) is 5.33. The van der Waals surface area contributed by atoms with Crippen molar-refractivity contribution in [2.75, 3.05) is 25.1 Å². The van der Waals surface area contributed by atoms with Gasteiger partial charge in [0.25, 0.3) is 0 Å². The molecule has 1 N–H and O–H groups in total. The molecule has 1 fully saturated rings. The van der Waals surface area contributed by atoms with E-state index in [9.17, 15) is 4.79 Å². The van der Waals surface area contributed by atoms with E-state index in [1.54, 1.807) is 7.11 Å². The number of nitrogens with zero attached hydrogens (tertiary/aromatic N) is 4. The number of aryl methyl sites for hydroxylation is 1. The van der Waals surface area contributed by atoms with Crippen LogP contribution in [0.2, 0.25) is 0 Å². The molecule has 1 atom stereocenters. The number of methoxy groups -OCH3 is 1. The lowest BCUT2D eigenvalue weighted by Crippen LogP contribution is -2.43. The Balaban J connectivity index is 1.45. The van der Waals surface area contributed by atoms with Crippen molar-refractivity contribution in [3.05, 3.63) is 53.7 Å². The first-order valence-electron chi connectivity index (χ1n) is 9.62. The fraction of sp³-hybridized carbons (Fsp3) is 0.381. The molecule has 0 aliphatic carbocycles. The molecule has 7 nitrogen and oxygen atoms in total. The first kappa shape index (κ1) is 18.3. The molecule has 0 unspecified atom stereocenters. The molecular formula is C21H25N5O2. The highest BCUT2D eigenvalue weighted by Crippen LogP contribution is 2.24. The summed E-state index contributed by atoms with van der Waals surface area (Å²) in [7, 11) is 1.64. The molecule has 3 heterocycles. The van der Waals surface area contributed by atoms with Crippen LogP contribution in [0.1, 0.15) is 24.1 Å². The lowest BCUT2D eigenvalue weighted by Gasteiger charge is -2.32. The molecule has 1 amide bonds. The minimum atomic E-state index is -0.0696. The number of benzene rings is 1. The number of hydrogen-bond donors (Lipinski definition) is 1. The number of piperidine rings is 1. The van der Waals surface area contributed by atoms with Crippen LogP contribution in [0, 0.1) is 12.8 Å². The number of rotatable bonds is 5. The summed E-state index contributed by atoms with van der Waals surface area (Å²) in [6.45, 7) is 4.03. The number of nitrogens with one attached hydrogen (secondary N) is 1. The molecule has 1 aliphatic rings. The Hall–Kier alpha value is -3.09. The Labute approximate surface area is 164 Å². The Morgan fingerprint density at radius 1 is 1.21 bits per heavy atom. The van der Waals surface area contributed by atoms with Crippen LogP contribution in [-0.4, -0.2) is 40.7 Å². The van der Waals surface area contributed by atoms with E-state index >= 15 is 0 Å². The zero-order valence-corrected chi connectivity index (χ0v) is 16.3. The van der Waals surface area contributed by atoms with Gasteiger partial charge in [-0.15, -0.1) is 10.2 Å². The van der Waals surface area contributed by atoms with Gasteiger partial charge in [0.2, 0.25) is 11.9 Å². The lowest BCUT2D eigenvalue weighted by molar-refractivity contribution is -0.125. The highest BCUT2D eigenvalue weighted by atomic mass is 16.5. The molecule has 146 valence electrons. The second-order valence-corrected chi connectivity index (χ2v) is 7.18. The average Bonchev–Trinajstić information content (AvgIpc) is 3.18. The highest BCUT2D eigenvalue weighted by Gasteiger charge is 2.28. The topological polar surface area (TPSA) is 71.8 Å². The van der Waals surface area contributed by atoms with Crippen LogP contribution in [0.5, 0.6) is 5.75 Å². The third kappa shape index (κ3) is 3.52. The molecule has 0 bridgehead atoms. The van der Waals surface area contributed by atoms with Crippen molar-refractivity contribution in [3.63, 3.8) is 0 Å². The van der Waals surface area contributed by atoms with Crippen molar-refractivity contribution in [2.24, 2.45) is 5.92 Å². The van der Waals surface area contributed by atoms with Gasteiger partial charge < -0.3 is 15.0 Å². The number of carbonyl (C=O) groups is 1. The maximum Gasteiger partial charge on any atom is 0.231 e. The van der Waals surface area contributed by atoms with Crippen LogP contribution in [0.15, 0.2) is 42.5 Å². The molecule has 1 aliphatic heterocycles. The van der Waals surface area contributed by atoms with Gasteiger partial charge in [-0.25, -0.2) is 0 Å². The van der Waals surface area contributed by atoms with Gasteiger partial charge in [0.05, 0.1) is 13.0 Å². The van der Waals surface area contributed by atoms with Crippen LogP contribution >= 0.6 is 0 Å². The molecule has 0 radical (unpaired) electrons. The lowest BCUT2D eigenvalue weighted by atomic mass is 9.97. The number of pyridine rings is 1. The largest absolute Gasteiger partial charge is 0.496 e. The number of amides is 1. The zero-order valence-electron chi connectivity index (χ0n) is 16.3. The number of hydrogen-bond acceptors (Lipinski definition) is 5. The van der Waals surface area contributed by atoms with Crippen LogP contribution in [0.3, 0.4) is 0 Å². The van der Waals surface area contributed by atoms with E-state index in [4.69, 9.17) is 4.74 Å². The molecule has 0 saturated carbocycles. The summed E-state index contributed by atoms with van der Waals surface area (Å²) in [6.07, 6.45) is 1.83. The molecule has 2 aromatic heterocycles. The van der Waals surface area contributed by atoms with Crippen molar-refractivity contribution in [2.45, 2.75) is 26.3 Å². The Bertz CT molecular complexity index is 984. The standard InChI is InChI=1S/C21H25N5O2/c1-15-7-5-11-19-23-24-21(26(15)19)25-12-6-9-17(14-25)20(27)22-13-16-8-3-4-10-18(16)28-2/h3-5,7-8,10-11,17H,6,9,12-14H2,1-2H3,(H,22,27)/t17-/m1/s1. The van der Waals surface area contributed by atoms with Crippen molar-refractivity contribution < 1.29 is 9.53 Å². The Morgan fingerprint density at radius 2 is 2.07 bits per heavy atom. The summed E-state index contributed by atoms with van der Waals surface area (Å²) < 4.78 is 7.41. The van der Waals surface area contributed by atoms with Gasteiger partial charge in [0, 0.05) is 30.9 Å². The number of fused-ring (bicyclic) bond motifs is 1. The Kier molecular flexibility index (Phi) is 5.14. The molecule has 1 aromatic carbocycles. The van der Waals surface area contributed by atoms with Crippen LogP contribution in [-0.2, 0) is 11.3 Å². The summed E-state index contributed by atoms with van der Waals surface area (Å²) in [6, 6.07) is 13.7. The molecule has 7 heteroatoms. The van der Waals surface area contributed by atoms with E-state index in [0.717, 1.165) is 48.0 Å². The molecule has 3 aromatic rings. The molecule has 1 saturated heterocycles. The molecule has 28 heavy (non-hydrogen) atoms. The molecular weight excluding hydrogens is 354 g/mol. The maximum absolute atomic E-state index is 12.8. The summed E-state index contributed by atoms with van der Waals surface area (Å²) >= 11 is 0. The first-order chi connectivity index (χ1) is 13.7. The van der Waals surface area contributed by atoms with E-state index in [1.165, 1.54) is 0 Å². The first-order valence-corrected chi connectivity index (χ1v) is 9.62. The SMILES string of the molecule is COc1ccccc1CNC(=O)[C@@H]1CCCN(c2nnc3cccc(C)n23)C1. The van der Waals surface area contributed by atoms with Gasteiger partial charge >= 0.3 is 0 Å². The van der Waals surface area contributed by atoms with E-state index < -0.39 is 0 Å². The number of para-hydroxylation sites is 1. The fourth-order valence-corrected chi connectivity index (χ4v) is 3.84. The third-order valence-corrected chi connectivity index (χ3v) is 5.33. The van der Waals surface area contributed by atoms with Crippen molar-refractivity contribution in [1.82, 2.24) is 19.9 Å². The Morgan fingerprint density at radius 3 is 2.93 bits per heavy atom. The van der Waals surface area contributed by atoms with Crippen molar-refractivity contribution >= 4 is 17.5 Å². The van der Waals surface area contributed by atoms with Gasteiger partial charge in [-0.2, -0.15) is 0 Å². The normalized spacial score (nSPS) is 16.9. The quantitative estimate of drug-likeness (QED) is 0.738. The van der Waals surface area contributed by atoms with E-state index in [1.807, 2.05) is 49.4 Å². The number of aromatic nitrogens is 3. The molecule has 0 spiro atoms. The second-order valence-electron chi connectivity index (χ2n) is 7.18. The van der Waals surface area contributed by atoms with Gasteiger partial charge in [-0.3, -0.25) is 9.20 Å². The van der Waals surface area contributed by atoms with E-state index in [2.05, 4.69) is 24.8 Å².